The first kappa shape index (κ1) is 14.4. The third kappa shape index (κ3) is 4.68. The average molecular weight is 275 g/mol. The van der Waals surface area contributed by atoms with E-state index >= 15 is 0 Å². The number of anilines is 2. The Kier molecular flexibility index (Phi) is 5.53. The Bertz CT molecular complexity index is 416. The Labute approximate surface area is 109 Å². The molecule has 1 unspecified atom stereocenters. The molecule has 1 aromatic heterocycles. The maximum absolute atomic E-state index is 10.6. The summed E-state index contributed by atoms with van der Waals surface area (Å²) in [5, 5.41) is 14.8. The van der Waals surface area contributed by atoms with E-state index in [-0.39, 0.29) is 17.8 Å². The highest BCUT2D eigenvalue weighted by Crippen LogP contribution is 2.09. The molecule has 0 spiro atoms. The lowest BCUT2D eigenvalue weighted by Gasteiger charge is -2.09. The highest BCUT2D eigenvalue weighted by molar-refractivity contribution is 6.28. The van der Waals surface area contributed by atoms with Crippen LogP contribution in [-0.4, -0.2) is 45.2 Å². The highest BCUT2D eigenvalue weighted by Gasteiger charge is 2.11. The molecule has 0 aliphatic rings. The maximum atomic E-state index is 10.6. The topological polar surface area (TPSA) is 126 Å². The number of amides is 1. The van der Waals surface area contributed by atoms with Crippen LogP contribution < -0.4 is 16.4 Å². The molecule has 100 valence electrons. The summed E-state index contributed by atoms with van der Waals surface area (Å²) in [4.78, 5) is 22.3. The van der Waals surface area contributed by atoms with Crippen LogP contribution in [0, 0.1) is 0 Å². The van der Waals surface area contributed by atoms with Gasteiger partial charge in [-0.1, -0.05) is 6.92 Å². The molecule has 0 saturated carbocycles. The Morgan fingerprint density at radius 1 is 1.39 bits per heavy atom. The van der Waals surface area contributed by atoms with Gasteiger partial charge in [0, 0.05) is 6.54 Å². The molecule has 0 aliphatic heterocycles. The smallest absolute Gasteiger partial charge is 0.248 e. The SMILES string of the molecule is CCCNc1nc(Cl)nc(NCC(O)C(N)=O)n1. The van der Waals surface area contributed by atoms with E-state index in [1.807, 2.05) is 6.92 Å². The standard InChI is InChI=1S/C9H15ClN6O2/c1-2-3-12-8-14-7(10)15-9(16-8)13-4-5(17)6(11)18/h5,17H,2-4H2,1H3,(H2,11,18)(H2,12,13,14,15,16). The number of carbonyl (C=O) groups is 1. The summed E-state index contributed by atoms with van der Waals surface area (Å²) in [5.41, 5.74) is 4.91. The van der Waals surface area contributed by atoms with Gasteiger partial charge in [-0.2, -0.15) is 15.0 Å². The third-order valence-corrected chi connectivity index (χ3v) is 2.09. The van der Waals surface area contributed by atoms with Gasteiger partial charge >= 0.3 is 0 Å². The van der Waals surface area contributed by atoms with E-state index in [9.17, 15) is 9.90 Å². The normalized spacial score (nSPS) is 11.9. The molecule has 0 saturated heterocycles. The van der Waals surface area contributed by atoms with Gasteiger partial charge in [-0.3, -0.25) is 4.79 Å². The first-order chi connectivity index (χ1) is 8.52. The summed E-state index contributed by atoms with van der Waals surface area (Å²) in [6.07, 6.45) is -0.403. The van der Waals surface area contributed by atoms with Crippen molar-refractivity contribution in [1.82, 2.24) is 15.0 Å². The molecule has 8 nitrogen and oxygen atoms in total. The molecule has 1 aromatic rings. The molecule has 5 N–H and O–H groups in total. The summed E-state index contributed by atoms with van der Waals surface area (Å²) < 4.78 is 0. The Morgan fingerprint density at radius 2 is 2.00 bits per heavy atom. The number of nitrogens with two attached hydrogens (primary N) is 1. The minimum Gasteiger partial charge on any atom is -0.381 e. The first-order valence-corrected chi connectivity index (χ1v) is 5.77. The minimum atomic E-state index is -1.31. The van der Waals surface area contributed by atoms with Gasteiger partial charge in [0.2, 0.25) is 23.1 Å². The Morgan fingerprint density at radius 3 is 2.56 bits per heavy atom. The van der Waals surface area contributed by atoms with Crippen molar-refractivity contribution in [2.24, 2.45) is 5.73 Å². The van der Waals surface area contributed by atoms with Crippen molar-refractivity contribution in [1.29, 1.82) is 0 Å². The van der Waals surface area contributed by atoms with E-state index in [0.717, 1.165) is 6.42 Å². The van der Waals surface area contributed by atoms with Gasteiger partial charge in [0.05, 0.1) is 6.54 Å². The molecule has 1 amide bonds. The molecule has 18 heavy (non-hydrogen) atoms. The highest BCUT2D eigenvalue weighted by atomic mass is 35.5. The van der Waals surface area contributed by atoms with Crippen LogP contribution >= 0.6 is 11.6 Å². The van der Waals surface area contributed by atoms with Crippen molar-refractivity contribution in [3.8, 4) is 0 Å². The predicted molar refractivity (Wildman–Crippen MR) is 67.3 cm³/mol. The van der Waals surface area contributed by atoms with E-state index < -0.39 is 12.0 Å². The van der Waals surface area contributed by atoms with Gasteiger partial charge < -0.3 is 21.5 Å². The summed E-state index contributed by atoms with van der Waals surface area (Å²) in [7, 11) is 0. The van der Waals surface area contributed by atoms with Crippen molar-refractivity contribution < 1.29 is 9.90 Å². The summed E-state index contributed by atoms with van der Waals surface area (Å²) in [5.74, 6) is -0.339. The number of carbonyl (C=O) groups excluding carboxylic acids is 1. The summed E-state index contributed by atoms with van der Waals surface area (Å²) in [6.45, 7) is 2.60. The van der Waals surface area contributed by atoms with Crippen LogP contribution in [-0.2, 0) is 4.79 Å². The number of halogens is 1. The maximum Gasteiger partial charge on any atom is 0.248 e. The number of nitrogens with one attached hydrogen (secondary N) is 2. The lowest BCUT2D eigenvalue weighted by Crippen LogP contribution is -2.34. The van der Waals surface area contributed by atoms with Crippen LogP contribution in [0.2, 0.25) is 5.28 Å². The minimum absolute atomic E-state index is 0.0136. The number of aliphatic hydroxyl groups is 1. The van der Waals surface area contributed by atoms with E-state index in [1.54, 1.807) is 0 Å². The molecular formula is C9H15ClN6O2. The largest absolute Gasteiger partial charge is 0.381 e. The first-order valence-electron chi connectivity index (χ1n) is 5.39. The van der Waals surface area contributed by atoms with Gasteiger partial charge in [-0.25, -0.2) is 0 Å². The summed E-state index contributed by atoms with van der Waals surface area (Å²) >= 11 is 5.71. The number of nitrogens with zero attached hydrogens (tertiary/aromatic N) is 3. The van der Waals surface area contributed by atoms with Crippen LogP contribution in [0.4, 0.5) is 11.9 Å². The van der Waals surface area contributed by atoms with Crippen LogP contribution in [0.15, 0.2) is 0 Å². The lowest BCUT2D eigenvalue weighted by molar-refractivity contribution is -0.125. The number of rotatable bonds is 7. The fourth-order valence-corrected chi connectivity index (χ4v) is 1.19. The van der Waals surface area contributed by atoms with E-state index in [0.29, 0.717) is 12.5 Å². The van der Waals surface area contributed by atoms with Crippen LogP contribution in [0.25, 0.3) is 0 Å². The molecule has 1 rings (SSSR count). The fourth-order valence-electron chi connectivity index (χ4n) is 1.03. The fraction of sp³-hybridized carbons (Fsp3) is 0.556. The molecule has 1 atom stereocenters. The van der Waals surface area contributed by atoms with Gasteiger partial charge in [0.15, 0.2) is 0 Å². The van der Waals surface area contributed by atoms with Crippen molar-refractivity contribution in [3.05, 3.63) is 5.28 Å². The van der Waals surface area contributed by atoms with Crippen molar-refractivity contribution in [3.63, 3.8) is 0 Å². The van der Waals surface area contributed by atoms with Gasteiger partial charge in [0.25, 0.3) is 0 Å². The van der Waals surface area contributed by atoms with Crippen molar-refractivity contribution >= 4 is 29.4 Å². The van der Waals surface area contributed by atoms with Crippen LogP contribution in [0.1, 0.15) is 13.3 Å². The zero-order chi connectivity index (χ0) is 13.5. The van der Waals surface area contributed by atoms with Gasteiger partial charge in [0.1, 0.15) is 6.10 Å². The van der Waals surface area contributed by atoms with Crippen molar-refractivity contribution in [2.45, 2.75) is 19.4 Å². The molecule has 0 aromatic carbocycles. The molecule has 0 fully saturated rings. The molecule has 0 aliphatic carbocycles. The van der Waals surface area contributed by atoms with Gasteiger partial charge in [-0.05, 0) is 18.0 Å². The number of primary amides is 1. The van der Waals surface area contributed by atoms with E-state index in [2.05, 4.69) is 25.6 Å². The number of hydrogen-bond acceptors (Lipinski definition) is 7. The number of aromatic nitrogens is 3. The molecule has 0 radical (unpaired) electrons. The van der Waals surface area contributed by atoms with Gasteiger partial charge in [-0.15, -0.1) is 0 Å². The monoisotopic (exact) mass is 274 g/mol. The second-order valence-electron chi connectivity index (χ2n) is 3.48. The summed E-state index contributed by atoms with van der Waals surface area (Å²) in [6, 6.07) is 0. The second kappa shape index (κ2) is 6.92. The lowest BCUT2D eigenvalue weighted by atomic mass is 10.3. The zero-order valence-corrected chi connectivity index (χ0v) is 10.6. The van der Waals surface area contributed by atoms with Crippen LogP contribution in [0.3, 0.4) is 0 Å². The molecule has 0 bridgehead atoms. The Balaban J connectivity index is 2.64. The second-order valence-corrected chi connectivity index (χ2v) is 3.82. The third-order valence-electron chi connectivity index (χ3n) is 1.92. The molecular weight excluding hydrogens is 260 g/mol. The van der Waals surface area contributed by atoms with E-state index in [4.69, 9.17) is 17.3 Å². The number of hydrogen-bond donors (Lipinski definition) is 4. The number of aliphatic hydroxyl groups excluding tert-OH is 1. The Hall–Kier alpha value is -1.67. The van der Waals surface area contributed by atoms with Crippen LogP contribution in [0.5, 0.6) is 0 Å². The van der Waals surface area contributed by atoms with Crippen molar-refractivity contribution in [2.75, 3.05) is 23.7 Å². The average Bonchev–Trinajstić information content (AvgIpc) is 2.32. The zero-order valence-electron chi connectivity index (χ0n) is 9.85. The quantitative estimate of drug-likeness (QED) is 0.533. The predicted octanol–water partition coefficient (Wildman–Crippen LogP) is -0.395. The molecule has 1 heterocycles. The molecule has 9 heteroatoms. The van der Waals surface area contributed by atoms with E-state index in [1.165, 1.54) is 0 Å².